The largest absolute Gasteiger partial charge is 0.472 e. The van der Waals surface area contributed by atoms with E-state index in [2.05, 4.69) is 5.10 Å². The lowest BCUT2D eigenvalue weighted by Gasteiger charge is -2.13. The van der Waals surface area contributed by atoms with Crippen molar-refractivity contribution < 1.29 is 22.7 Å². The predicted molar refractivity (Wildman–Crippen MR) is 113 cm³/mol. The van der Waals surface area contributed by atoms with Crippen molar-refractivity contribution in [1.82, 2.24) is 9.78 Å². The Bertz CT molecular complexity index is 1170. The number of rotatable bonds is 5. The third-order valence-electron chi connectivity index (χ3n) is 4.87. The van der Waals surface area contributed by atoms with Crippen molar-refractivity contribution in [3.8, 4) is 5.88 Å². The molecule has 3 rings (SSSR count). The molecule has 0 amide bonds. The number of carbonyl (C=O) groups excluding carboxylic acids is 1. The van der Waals surface area contributed by atoms with Crippen molar-refractivity contribution in [1.29, 1.82) is 0 Å². The molecule has 9 heteroatoms. The summed E-state index contributed by atoms with van der Waals surface area (Å²) < 4.78 is 46.0. The summed E-state index contributed by atoms with van der Waals surface area (Å²) in [6.45, 7) is 4.96. The molecule has 0 N–H and O–H groups in total. The maximum atomic E-state index is 13.3. The normalized spacial score (nSPS) is 11.6. The summed E-state index contributed by atoms with van der Waals surface area (Å²) in [6, 6.07) is 6.42. The van der Waals surface area contributed by atoms with Crippen molar-refractivity contribution in [2.24, 2.45) is 7.05 Å². The Hall–Kier alpha value is -2.51. The molecule has 0 aliphatic heterocycles. The number of ether oxygens (including phenoxy) is 1. The molecule has 0 atom stereocenters. The van der Waals surface area contributed by atoms with Crippen LogP contribution in [0.1, 0.15) is 43.9 Å². The quantitative estimate of drug-likeness (QED) is 0.400. The zero-order valence-electron chi connectivity index (χ0n) is 17.2. The number of halogens is 5. The van der Waals surface area contributed by atoms with Gasteiger partial charge in [0.1, 0.15) is 12.2 Å². The zero-order valence-corrected chi connectivity index (χ0v) is 18.7. The number of aryl methyl sites for hydroxylation is 3. The third kappa shape index (κ3) is 4.57. The SMILES string of the molecule is Cc1cc(C(=O)c2c(C)nn(C)c2OCc2cccc(C(F)(F)F)c2)c(Cl)c(C)c1Cl. The van der Waals surface area contributed by atoms with Gasteiger partial charge in [-0.15, -0.1) is 0 Å². The van der Waals surface area contributed by atoms with Crippen molar-refractivity contribution >= 4 is 29.0 Å². The number of benzene rings is 2. The van der Waals surface area contributed by atoms with Crippen molar-refractivity contribution in [3.63, 3.8) is 0 Å². The minimum atomic E-state index is -4.46. The molecule has 1 heterocycles. The molecule has 0 unspecified atom stereocenters. The first-order valence-electron chi connectivity index (χ1n) is 9.24. The Balaban J connectivity index is 1.97. The first-order valence-corrected chi connectivity index (χ1v) is 9.99. The number of aromatic nitrogens is 2. The van der Waals surface area contributed by atoms with Gasteiger partial charge in [-0.25, -0.2) is 4.68 Å². The van der Waals surface area contributed by atoms with Crippen molar-refractivity contribution in [2.45, 2.75) is 33.6 Å². The fourth-order valence-electron chi connectivity index (χ4n) is 3.29. The molecule has 31 heavy (non-hydrogen) atoms. The molecule has 0 saturated heterocycles. The maximum absolute atomic E-state index is 13.3. The van der Waals surface area contributed by atoms with Crippen LogP contribution in [0.3, 0.4) is 0 Å². The van der Waals surface area contributed by atoms with Gasteiger partial charge in [-0.05, 0) is 55.7 Å². The molecule has 0 saturated carbocycles. The molecule has 3 aromatic rings. The van der Waals surface area contributed by atoms with Crippen LogP contribution in [-0.2, 0) is 19.8 Å². The molecular weight excluding hydrogens is 452 g/mol. The average molecular weight is 471 g/mol. The summed E-state index contributed by atoms with van der Waals surface area (Å²) in [6.07, 6.45) is -4.46. The number of nitrogens with zero attached hydrogens (tertiary/aromatic N) is 2. The van der Waals surface area contributed by atoms with E-state index in [0.29, 0.717) is 27.4 Å². The zero-order chi connectivity index (χ0) is 23.1. The Kier molecular flexibility index (Phi) is 6.39. The standard InChI is InChI=1S/C22H19Cl2F3N2O2/c1-11-8-16(19(24)12(2)18(11)23)20(30)17-13(3)28-29(4)21(17)31-10-14-6-5-7-15(9-14)22(25,26)27/h5-9H,10H2,1-4H3. The maximum Gasteiger partial charge on any atom is 0.416 e. The van der Waals surface area contributed by atoms with E-state index in [4.69, 9.17) is 27.9 Å². The first kappa shape index (κ1) is 23.2. The highest BCUT2D eigenvalue weighted by Gasteiger charge is 2.31. The summed E-state index contributed by atoms with van der Waals surface area (Å²) in [5.74, 6) is -0.265. The number of carbonyl (C=O) groups is 1. The second-order valence-electron chi connectivity index (χ2n) is 7.20. The molecule has 0 aliphatic carbocycles. The van der Waals surface area contributed by atoms with Gasteiger partial charge in [0.05, 0.1) is 16.3 Å². The van der Waals surface area contributed by atoms with Crippen LogP contribution in [0.5, 0.6) is 5.88 Å². The van der Waals surface area contributed by atoms with E-state index in [1.54, 1.807) is 33.9 Å². The first-order chi connectivity index (χ1) is 14.4. The molecule has 0 aliphatic rings. The fraction of sp³-hybridized carbons (Fsp3) is 0.273. The van der Waals surface area contributed by atoms with Crippen LogP contribution in [0.4, 0.5) is 13.2 Å². The van der Waals surface area contributed by atoms with Gasteiger partial charge in [-0.1, -0.05) is 35.3 Å². The lowest BCUT2D eigenvalue weighted by molar-refractivity contribution is -0.137. The number of hydrogen-bond acceptors (Lipinski definition) is 3. The van der Waals surface area contributed by atoms with Crippen LogP contribution in [0.15, 0.2) is 30.3 Å². The van der Waals surface area contributed by atoms with Gasteiger partial charge >= 0.3 is 6.18 Å². The van der Waals surface area contributed by atoms with E-state index < -0.39 is 17.5 Å². The highest BCUT2D eigenvalue weighted by molar-refractivity contribution is 6.39. The summed E-state index contributed by atoms with van der Waals surface area (Å²) in [7, 11) is 1.59. The van der Waals surface area contributed by atoms with E-state index in [1.807, 2.05) is 0 Å². The Morgan fingerprint density at radius 2 is 1.81 bits per heavy atom. The highest BCUT2D eigenvalue weighted by atomic mass is 35.5. The van der Waals surface area contributed by atoms with Gasteiger partial charge in [0.2, 0.25) is 11.7 Å². The van der Waals surface area contributed by atoms with E-state index in [1.165, 1.54) is 16.8 Å². The minimum absolute atomic E-state index is 0.140. The molecule has 1 aromatic heterocycles. The van der Waals surface area contributed by atoms with Gasteiger partial charge in [0.15, 0.2) is 0 Å². The van der Waals surface area contributed by atoms with Crippen LogP contribution in [0.2, 0.25) is 10.0 Å². The minimum Gasteiger partial charge on any atom is -0.472 e. The van der Waals surface area contributed by atoms with Crippen LogP contribution in [-0.4, -0.2) is 15.6 Å². The van der Waals surface area contributed by atoms with E-state index in [9.17, 15) is 18.0 Å². The van der Waals surface area contributed by atoms with Crippen LogP contribution >= 0.6 is 23.2 Å². The number of hydrogen-bond donors (Lipinski definition) is 0. The number of ketones is 1. The molecule has 0 spiro atoms. The van der Waals surface area contributed by atoms with Gasteiger partial charge in [-0.2, -0.15) is 18.3 Å². The molecule has 164 valence electrons. The Morgan fingerprint density at radius 3 is 2.45 bits per heavy atom. The fourth-order valence-corrected chi connectivity index (χ4v) is 3.72. The molecule has 0 bridgehead atoms. The second kappa shape index (κ2) is 8.55. The molecule has 0 fully saturated rings. The predicted octanol–water partition coefficient (Wildman–Crippen LogP) is 6.48. The Morgan fingerprint density at radius 1 is 1.13 bits per heavy atom. The van der Waals surface area contributed by atoms with E-state index in [0.717, 1.165) is 12.1 Å². The van der Waals surface area contributed by atoms with E-state index >= 15 is 0 Å². The van der Waals surface area contributed by atoms with Gasteiger partial charge < -0.3 is 4.74 Å². The summed E-state index contributed by atoms with van der Waals surface area (Å²) in [5, 5.41) is 4.95. The molecule has 2 aromatic carbocycles. The summed E-state index contributed by atoms with van der Waals surface area (Å²) in [5.41, 5.74) is 1.67. The molecular formula is C22H19Cl2F3N2O2. The topological polar surface area (TPSA) is 44.1 Å². The Labute approximate surface area is 187 Å². The summed E-state index contributed by atoms with van der Waals surface area (Å²) in [4.78, 5) is 13.3. The summed E-state index contributed by atoms with van der Waals surface area (Å²) >= 11 is 12.6. The van der Waals surface area contributed by atoms with Gasteiger partial charge in [0.25, 0.3) is 0 Å². The monoisotopic (exact) mass is 470 g/mol. The lowest BCUT2D eigenvalue weighted by atomic mass is 9.99. The number of alkyl halides is 3. The van der Waals surface area contributed by atoms with Gasteiger partial charge in [-0.3, -0.25) is 4.79 Å². The van der Waals surface area contributed by atoms with Crippen molar-refractivity contribution in [2.75, 3.05) is 0 Å². The van der Waals surface area contributed by atoms with Crippen LogP contribution in [0.25, 0.3) is 0 Å². The van der Waals surface area contributed by atoms with Crippen molar-refractivity contribution in [3.05, 3.63) is 79.5 Å². The third-order valence-corrected chi connectivity index (χ3v) is 5.94. The molecule has 4 nitrogen and oxygen atoms in total. The average Bonchev–Trinajstić information content (AvgIpc) is 2.99. The smallest absolute Gasteiger partial charge is 0.416 e. The van der Waals surface area contributed by atoms with Crippen LogP contribution in [0, 0.1) is 20.8 Å². The lowest BCUT2D eigenvalue weighted by Crippen LogP contribution is -2.10. The van der Waals surface area contributed by atoms with Gasteiger partial charge in [0, 0.05) is 17.6 Å². The van der Waals surface area contributed by atoms with E-state index in [-0.39, 0.29) is 28.6 Å². The molecule has 0 radical (unpaired) electrons. The second-order valence-corrected chi connectivity index (χ2v) is 7.96. The van der Waals surface area contributed by atoms with Crippen LogP contribution < -0.4 is 4.74 Å². The highest BCUT2D eigenvalue weighted by Crippen LogP contribution is 2.35.